The highest BCUT2D eigenvalue weighted by Crippen LogP contribution is 2.12. The largest absolute Gasteiger partial charge is 0.267 e. The van der Waals surface area contributed by atoms with Crippen LogP contribution in [0.4, 0.5) is 0 Å². The maximum atomic E-state index is 11.8. The highest BCUT2D eigenvalue weighted by atomic mass is 32.2. The van der Waals surface area contributed by atoms with Crippen LogP contribution in [0.15, 0.2) is 30.3 Å². The van der Waals surface area contributed by atoms with Gasteiger partial charge in [-0.25, -0.2) is 0 Å². The molecule has 0 atom stereocenters. The van der Waals surface area contributed by atoms with Crippen LogP contribution in [0.3, 0.4) is 0 Å². The molecular weight excluding hydrogens is 320 g/mol. The summed E-state index contributed by atoms with van der Waals surface area (Å²) >= 11 is 0. The van der Waals surface area contributed by atoms with Gasteiger partial charge >= 0.3 is 0 Å². The van der Waals surface area contributed by atoms with Crippen LogP contribution in [-0.4, -0.2) is 14.2 Å². The zero-order chi connectivity index (χ0) is 17.5. The molecule has 0 unspecified atom stereocenters. The van der Waals surface area contributed by atoms with Crippen molar-refractivity contribution < 1.29 is 12.6 Å². The number of unbranched alkanes of at least 4 members (excludes halogenated alkanes) is 10. The molecule has 0 fully saturated rings. The fourth-order valence-electron chi connectivity index (χ4n) is 2.73. The van der Waals surface area contributed by atoms with Gasteiger partial charge in [0, 0.05) is 0 Å². The van der Waals surface area contributed by atoms with Crippen molar-refractivity contribution in [1.29, 1.82) is 0 Å². The van der Waals surface area contributed by atoms with E-state index in [2.05, 4.69) is 6.92 Å². The fourth-order valence-corrected chi connectivity index (χ4v) is 3.73. The standard InChI is InChI=1S/C20H34O3S/c1-2-3-4-5-6-7-8-9-10-11-15-18-24(21,22)23-19-20-16-13-12-14-17-20/h12-14,16-17H,2-11,15,18-19H2,1H3. The van der Waals surface area contributed by atoms with Crippen molar-refractivity contribution in [2.45, 2.75) is 84.2 Å². The molecule has 0 N–H and O–H groups in total. The Balaban J connectivity index is 1.96. The number of rotatable bonds is 15. The van der Waals surface area contributed by atoms with Crippen LogP contribution >= 0.6 is 0 Å². The van der Waals surface area contributed by atoms with Crippen molar-refractivity contribution in [3.63, 3.8) is 0 Å². The first-order chi connectivity index (χ1) is 11.6. The summed E-state index contributed by atoms with van der Waals surface area (Å²) in [6.07, 6.45) is 13.4. The van der Waals surface area contributed by atoms with Gasteiger partial charge in [-0.15, -0.1) is 0 Å². The Morgan fingerprint density at radius 3 is 1.79 bits per heavy atom. The van der Waals surface area contributed by atoms with E-state index in [9.17, 15) is 8.42 Å². The number of hydrogen-bond donors (Lipinski definition) is 0. The summed E-state index contributed by atoms with van der Waals surface area (Å²) in [7, 11) is -3.39. The highest BCUT2D eigenvalue weighted by Gasteiger charge is 2.10. The van der Waals surface area contributed by atoms with Crippen molar-refractivity contribution in [3.05, 3.63) is 35.9 Å². The minimum atomic E-state index is -3.39. The molecule has 1 aromatic carbocycles. The number of benzene rings is 1. The van der Waals surface area contributed by atoms with Crippen molar-refractivity contribution >= 4 is 10.1 Å². The molecule has 0 saturated carbocycles. The van der Waals surface area contributed by atoms with Crippen LogP contribution < -0.4 is 0 Å². The van der Waals surface area contributed by atoms with E-state index in [0.29, 0.717) is 6.42 Å². The maximum absolute atomic E-state index is 11.8. The normalized spacial score (nSPS) is 11.7. The smallest absolute Gasteiger partial charge is 0.265 e. The van der Waals surface area contributed by atoms with Gasteiger partial charge in [-0.3, -0.25) is 4.18 Å². The molecule has 1 aromatic rings. The topological polar surface area (TPSA) is 43.4 Å². The Kier molecular flexibility index (Phi) is 11.8. The third-order valence-electron chi connectivity index (χ3n) is 4.25. The molecule has 0 saturated heterocycles. The van der Waals surface area contributed by atoms with Gasteiger partial charge in [0.15, 0.2) is 0 Å². The average molecular weight is 355 g/mol. The molecule has 0 radical (unpaired) electrons. The summed E-state index contributed by atoms with van der Waals surface area (Å²) < 4.78 is 28.8. The second-order valence-electron chi connectivity index (χ2n) is 6.55. The molecule has 1 rings (SSSR count). The summed E-state index contributed by atoms with van der Waals surface area (Å²) in [6.45, 7) is 2.38. The first kappa shape index (κ1) is 21.2. The van der Waals surface area contributed by atoms with Gasteiger partial charge in [0.05, 0.1) is 12.4 Å². The molecule has 4 heteroatoms. The molecule has 0 amide bonds. The zero-order valence-corrected chi connectivity index (χ0v) is 16.0. The van der Waals surface area contributed by atoms with Gasteiger partial charge < -0.3 is 0 Å². The second kappa shape index (κ2) is 13.4. The predicted octanol–water partition coefficient (Wildman–Crippen LogP) is 5.84. The predicted molar refractivity (Wildman–Crippen MR) is 101 cm³/mol. The SMILES string of the molecule is CCCCCCCCCCCCCS(=O)(=O)OCc1ccccc1. The monoisotopic (exact) mass is 354 g/mol. The van der Waals surface area contributed by atoms with Crippen LogP contribution in [0.2, 0.25) is 0 Å². The van der Waals surface area contributed by atoms with E-state index < -0.39 is 10.1 Å². The van der Waals surface area contributed by atoms with E-state index >= 15 is 0 Å². The number of hydrogen-bond acceptors (Lipinski definition) is 3. The van der Waals surface area contributed by atoms with Crippen molar-refractivity contribution in [1.82, 2.24) is 0 Å². The lowest BCUT2D eigenvalue weighted by Crippen LogP contribution is -2.10. The van der Waals surface area contributed by atoms with Crippen molar-refractivity contribution in [3.8, 4) is 0 Å². The molecule has 0 aliphatic carbocycles. The maximum Gasteiger partial charge on any atom is 0.267 e. The second-order valence-corrected chi connectivity index (χ2v) is 8.30. The summed E-state index contributed by atoms with van der Waals surface area (Å²) in [5.41, 5.74) is 0.889. The lowest BCUT2D eigenvalue weighted by molar-refractivity contribution is 0.307. The van der Waals surface area contributed by atoms with Gasteiger partial charge in [0.1, 0.15) is 0 Å². The minimum absolute atomic E-state index is 0.136. The molecule has 0 aliphatic rings. The van der Waals surface area contributed by atoms with Crippen LogP contribution in [0.25, 0.3) is 0 Å². The minimum Gasteiger partial charge on any atom is -0.265 e. The van der Waals surface area contributed by atoms with Crippen LogP contribution in [0, 0.1) is 0 Å². The van der Waals surface area contributed by atoms with Gasteiger partial charge in [0.25, 0.3) is 10.1 Å². The van der Waals surface area contributed by atoms with Gasteiger partial charge in [-0.1, -0.05) is 101 Å². The first-order valence-electron chi connectivity index (χ1n) is 9.55. The third-order valence-corrected chi connectivity index (χ3v) is 5.51. The quantitative estimate of drug-likeness (QED) is 0.293. The third kappa shape index (κ3) is 11.6. The van der Waals surface area contributed by atoms with E-state index in [1.807, 2.05) is 30.3 Å². The molecule has 24 heavy (non-hydrogen) atoms. The van der Waals surface area contributed by atoms with Crippen molar-refractivity contribution in [2.75, 3.05) is 5.75 Å². The zero-order valence-electron chi connectivity index (χ0n) is 15.2. The Bertz CT molecular complexity index is 497. The summed E-state index contributed by atoms with van der Waals surface area (Å²) in [5.74, 6) is 0.136. The van der Waals surface area contributed by atoms with Gasteiger partial charge in [-0.05, 0) is 12.0 Å². The van der Waals surface area contributed by atoms with Crippen LogP contribution in [0.5, 0.6) is 0 Å². The van der Waals surface area contributed by atoms with E-state index in [1.54, 1.807) is 0 Å². The molecule has 3 nitrogen and oxygen atoms in total. The molecule has 0 spiro atoms. The van der Waals surface area contributed by atoms with Crippen LogP contribution in [-0.2, 0) is 20.9 Å². The van der Waals surface area contributed by atoms with E-state index in [0.717, 1.165) is 18.4 Å². The summed E-state index contributed by atoms with van der Waals surface area (Å²) in [5, 5.41) is 0. The van der Waals surface area contributed by atoms with E-state index in [1.165, 1.54) is 51.4 Å². The van der Waals surface area contributed by atoms with Crippen LogP contribution in [0.1, 0.15) is 83.1 Å². The van der Waals surface area contributed by atoms with E-state index in [-0.39, 0.29) is 12.4 Å². The lowest BCUT2D eigenvalue weighted by Gasteiger charge is -2.06. The summed E-state index contributed by atoms with van der Waals surface area (Å²) in [4.78, 5) is 0. The molecular formula is C20H34O3S. The highest BCUT2D eigenvalue weighted by molar-refractivity contribution is 7.86. The van der Waals surface area contributed by atoms with Crippen molar-refractivity contribution in [2.24, 2.45) is 0 Å². The lowest BCUT2D eigenvalue weighted by atomic mass is 10.1. The fraction of sp³-hybridized carbons (Fsp3) is 0.700. The Labute approximate surface area is 148 Å². The van der Waals surface area contributed by atoms with Gasteiger partial charge in [0.2, 0.25) is 0 Å². The summed E-state index contributed by atoms with van der Waals surface area (Å²) in [6, 6.07) is 9.42. The molecule has 0 aromatic heterocycles. The van der Waals surface area contributed by atoms with Gasteiger partial charge in [-0.2, -0.15) is 8.42 Å². The molecule has 0 heterocycles. The van der Waals surface area contributed by atoms with E-state index in [4.69, 9.17) is 4.18 Å². The molecule has 0 bridgehead atoms. The average Bonchev–Trinajstić information content (AvgIpc) is 2.59. The Hall–Kier alpha value is -0.870. The molecule has 138 valence electrons. The Morgan fingerprint density at radius 2 is 1.25 bits per heavy atom. The first-order valence-corrected chi connectivity index (χ1v) is 11.1. The molecule has 0 aliphatic heterocycles. The Morgan fingerprint density at radius 1 is 0.750 bits per heavy atom.